The van der Waals surface area contributed by atoms with Gasteiger partial charge in [0.15, 0.2) is 6.04 Å². The average molecular weight is 269 g/mol. The third-order valence-electron chi connectivity index (χ3n) is 1.79. The predicted octanol–water partition coefficient (Wildman–Crippen LogP) is 1.10. The summed E-state index contributed by atoms with van der Waals surface area (Å²) >= 11 is 0. The molecule has 0 aromatic carbocycles. The zero-order chi connectivity index (χ0) is 14.2. The van der Waals surface area contributed by atoms with E-state index in [0.717, 1.165) is 0 Å². The molecule has 0 aromatic heterocycles. The number of hydrogen-bond donors (Lipinski definition) is 2. The number of nitrogens with one attached hydrogen (secondary N) is 1. The molecule has 18 heavy (non-hydrogen) atoms. The average Bonchev–Trinajstić information content (AvgIpc) is 2.24. The Morgan fingerprint density at radius 1 is 1.44 bits per heavy atom. The van der Waals surface area contributed by atoms with Crippen LogP contribution >= 0.6 is 0 Å². The van der Waals surface area contributed by atoms with Crippen LogP contribution in [0, 0.1) is 0 Å². The van der Waals surface area contributed by atoms with Crippen molar-refractivity contribution in [3.05, 3.63) is 12.7 Å². The molecule has 0 rings (SSSR count). The number of amides is 1. The number of halogens is 3. The van der Waals surface area contributed by atoms with Gasteiger partial charge in [0.1, 0.15) is 0 Å². The smallest absolute Gasteiger partial charge is 0.389 e. The van der Waals surface area contributed by atoms with Crippen LogP contribution in [0.15, 0.2) is 12.7 Å². The van der Waals surface area contributed by atoms with Crippen LogP contribution in [0.3, 0.4) is 0 Å². The highest BCUT2D eigenvalue weighted by Crippen LogP contribution is 2.20. The molecule has 0 fully saturated rings. The third-order valence-corrected chi connectivity index (χ3v) is 1.79. The summed E-state index contributed by atoms with van der Waals surface area (Å²) in [6.45, 7) is 3.09. The molecule has 8 heteroatoms. The summed E-state index contributed by atoms with van der Waals surface area (Å²) in [5, 5.41) is 10.7. The lowest BCUT2D eigenvalue weighted by Crippen LogP contribution is -2.44. The molecule has 0 aromatic rings. The molecular weight excluding hydrogens is 255 g/mol. The first-order valence-electron chi connectivity index (χ1n) is 5.04. The van der Waals surface area contributed by atoms with Gasteiger partial charge in [-0.1, -0.05) is 6.08 Å². The molecule has 0 saturated carbocycles. The fourth-order valence-electron chi connectivity index (χ4n) is 0.966. The van der Waals surface area contributed by atoms with Gasteiger partial charge in [-0.2, -0.15) is 13.2 Å². The Labute approximate surface area is 102 Å². The lowest BCUT2D eigenvalue weighted by Gasteiger charge is -2.14. The van der Waals surface area contributed by atoms with E-state index in [4.69, 9.17) is 9.84 Å². The number of carbonyl (C=O) groups excluding carboxylic acids is 1. The van der Waals surface area contributed by atoms with Crippen LogP contribution in [0.4, 0.5) is 13.2 Å². The second-order valence-electron chi connectivity index (χ2n) is 3.40. The second-order valence-corrected chi connectivity index (χ2v) is 3.40. The van der Waals surface area contributed by atoms with Gasteiger partial charge in [-0.05, 0) is 0 Å². The standard InChI is InChI=1S/C10H14F3NO4/c1-2-5-18-6-7(9(16)17)14-8(15)3-4-10(11,12)13/h2,7H,1,3-6H2,(H,14,15)(H,16,17). The second kappa shape index (κ2) is 7.70. The third kappa shape index (κ3) is 8.57. The molecule has 0 heterocycles. The summed E-state index contributed by atoms with van der Waals surface area (Å²) in [5.74, 6) is -2.36. The molecule has 0 radical (unpaired) electrons. The Balaban J connectivity index is 4.11. The van der Waals surface area contributed by atoms with E-state index in [1.165, 1.54) is 6.08 Å². The Hall–Kier alpha value is -1.57. The number of aliphatic carboxylic acids is 1. The van der Waals surface area contributed by atoms with Crippen molar-refractivity contribution in [2.24, 2.45) is 0 Å². The highest BCUT2D eigenvalue weighted by Gasteiger charge is 2.29. The normalized spacial score (nSPS) is 12.8. The first-order valence-corrected chi connectivity index (χ1v) is 5.04. The van der Waals surface area contributed by atoms with E-state index in [1.54, 1.807) is 0 Å². The van der Waals surface area contributed by atoms with E-state index in [9.17, 15) is 22.8 Å². The Bertz CT molecular complexity index is 304. The van der Waals surface area contributed by atoms with Gasteiger partial charge >= 0.3 is 12.1 Å². The van der Waals surface area contributed by atoms with Crippen LogP contribution in [-0.4, -0.2) is 42.4 Å². The summed E-state index contributed by atoms with van der Waals surface area (Å²) < 4.78 is 40.3. The molecule has 104 valence electrons. The van der Waals surface area contributed by atoms with Crippen molar-refractivity contribution in [2.45, 2.75) is 25.1 Å². The SMILES string of the molecule is C=CCOCC(NC(=O)CCC(F)(F)F)C(=O)O. The molecule has 0 aliphatic rings. The van der Waals surface area contributed by atoms with Gasteiger partial charge in [0.25, 0.3) is 0 Å². The predicted molar refractivity (Wildman–Crippen MR) is 55.9 cm³/mol. The Kier molecular flexibility index (Phi) is 7.03. The van der Waals surface area contributed by atoms with Gasteiger partial charge in [0, 0.05) is 6.42 Å². The van der Waals surface area contributed by atoms with Crippen molar-refractivity contribution < 1.29 is 32.6 Å². The minimum atomic E-state index is -4.45. The zero-order valence-corrected chi connectivity index (χ0v) is 9.50. The first kappa shape index (κ1) is 16.4. The van der Waals surface area contributed by atoms with Gasteiger partial charge in [-0.15, -0.1) is 6.58 Å². The number of rotatable bonds is 8. The summed E-state index contributed by atoms with van der Waals surface area (Å²) in [5.41, 5.74) is 0. The van der Waals surface area contributed by atoms with E-state index < -0.39 is 36.9 Å². The van der Waals surface area contributed by atoms with Crippen LogP contribution in [0.5, 0.6) is 0 Å². The molecule has 5 nitrogen and oxygen atoms in total. The van der Waals surface area contributed by atoms with E-state index in [0.29, 0.717) is 0 Å². The minimum absolute atomic E-state index is 0.0855. The molecule has 0 saturated heterocycles. The monoisotopic (exact) mass is 269 g/mol. The summed E-state index contributed by atoms with van der Waals surface area (Å²) in [4.78, 5) is 21.8. The Morgan fingerprint density at radius 3 is 2.50 bits per heavy atom. The maximum atomic E-state index is 11.8. The molecular formula is C10H14F3NO4. The number of ether oxygens (including phenoxy) is 1. The molecule has 1 unspecified atom stereocenters. The van der Waals surface area contributed by atoms with Crippen LogP contribution in [0.2, 0.25) is 0 Å². The van der Waals surface area contributed by atoms with Gasteiger partial charge < -0.3 is 15.2 Å². The van der Waals surface area contributed by atoms with Crippen molar-refractivity contribution in [2.75, 3.05) is 13.2 Å². The van der Waals surface area contributed by atoms with E-state index in [1.807, 2.05) is 5.32 Å². The number of carbonyl (C=O) groups is 2. The molecule has 1 amide bonds. The van der Waals surface area contributed by atoms with Crippen LogP contribution in [0.25, 0.3) is 0 Å². The van der Waals surface area contributed by atoms with Gasteiger partial charge in [0.05, 0.1) is 19.6 Å². The molecule has 0 aliphatic heterocycles. The van der Waals surface area contributed by atoms with E-state index in [2.05, 4.69) is 6.58 Å². The molecule has 0 aliphatic carbocycles. The van der Waals surface area contributed by atoms with Gasteiger partial charge in [-0.25, -0.2) is 4.79 Å². The highest BCUT2D eigenvalue weighted by molar-refractivity contribution is 5.83. The van der Waals surface area contributed by atoms with Crippen molar-refractivity contribution in [3.8, 4) is 0 Å². The maximum absolute atomic E-state index is 11.8. The van der Waals surface area contributed by atoms with E-state index >= 15 is 0 Å². The van der Waals surface area contributed by atoms with Gasteiger partial charge in [-0.3, -0.25) is 4.79 Å². The topological polar surface area (TPSA) is 75.6 Å². The summed E-state index contributed by atoms with van der Waals surface area (Å²) in [6.07, 6.45) is -5.17. The molecule has 2 N–H and O–H groups in total. The first-order chi connectivity index (χ1) is 8.26. The fraction of sp³-hybridized carbons (Fsp3) is 0.600. The van der Waals surface area contributed by atoms with E-state index in [-0.39, 0.29) is 13.2 Å². The number of hydrogen-bond acceptors (Lipinski definition) is 3. The Morgan fingerprint density at radius 2 is 2.06 bits per heavy atom. The lowest BCUT2D eigenvalue weighted by atomic mass is 10.2. The quantitative estimate of drug-likeness (QED) is 0.511. The van der Waals surface area contributed by atoms with Crippen LogP contribution in [0.1, 0.15) is 12.8 Å². The zero-order valence-electron chi connectivity index (χ0n) is 9.50. The highest BCUT2D eigenvalue weighted by atomic mass is 19.4. The fourth-order valence-corrected chi connectivity index (χ4v) is 0.966. The summed E-state index contributed by atoms with van der Waals surface area (Å²) in [6, 6.07) is -1.37. The van der Waals surface area contributed by atoms with Crippen molar-refractivity contribution in [3.63, 3.8) is 0 Å². The minimum Gasteiger partial charge on any atom is -0.480 e. The number of alkyl halides is 3. The number of carboxylic acids is 1. The van der Waals surface area contributed by atoms with Crippen LogP contribution < -0.4 is 5.32 Å². The largest absolute Gasteiger partial charge is 0.480 e. The molecule has 0 bridgehead atoms. The van der Waals surface area contributed by atoms with Gasteiger partial charge in [0.2, 0.25) is 5.91 Å². The molecule has 1 atom stereocenters. The number of carboxylic acid groups (broad SMARTS) is 1. The van der Waals surface area contributed by atoms with Crippen LogP contribution in [-0.2, 0) is 14.3 Å². The molecule has 0 spiro atoms. The maximum Gasteiger partial charge on any atom is 0.389 e. The summed E-state index contributed by atoms with van der Waals surface area (Å²) in [7, 11) is 0. The lowest BCUT2D eigenvalue weighted by molar-refractivity contribution is -0.147. The van der Waals surface area contributed by atoms with Crippen molar-refractivity contribution >= 4 is 11.9 Å². The van der Waals surface area contributed by atoms with Crippen molar-refractivity contribution in [1.29, 1.82) is 0 Å². The van der Waals surface area contributed by atoms with Crippen molar-refractivity contribution in [1.82, 2.24) is 5.32 Å².